The molecule has 1 saturated carbocycles. The van der Waals surface area contributed by atoms with Crippen LogP contribution in [0.3, 0.4) is 0 Å². The molecule has 1 aliphatic rings. The maximum absolute atomic E-state index is 12.8. The van der Waals surface area contributed by atoms with Gasteiger partial charge in [-0.05, 0) is 37.8 Å². The van der Waals surface area contributed by atoms with Crippen LogP contribution in [0.2, 0.25) is 0 Å². The monoisotopic (exact) mass is 289 g/mol. The molecule has 1 aromatic rings. The van der Waals surface area contributed by atoms with Gasteiger partial charge in [0.1, 0.15) is 5.60 Å². The number of aromatic nitrogens is 1. The smallest absolute Gasteiger partial charge is 0.170 e. The third-order valence-electron chi connectivity index (χ3n) is 4.48. The number of rotatable bonds is 6. The fraction of sp³-hybridized carbons (Fsp3) is 0.667. The molecule has 0 saturated heterocycles. The number of carbonyl (C=O) groups is 1. The van der Waals surface area contributed by atoms with E-state index in [1.165, 1.54) is 18.4 Å². The topological polar surface area (TPSA) is 39.2 Å². The van der Waals surface area contributed by atoms with Crippen molar-refractivity contribution in [3.63, 3.8) is 0 Å². The standard InChI is InChI=1S/C18H27NO2/c1-3-15-9-10-16(19-14-15)13-17(20)18(21-4-2)11-7-5-6-8-12-18/h9-10,14H,3-8,11-13H2,1-2H3. The zero-order valence-electron chi connectivity index (χ0n) is 13.4. The van der Waals surface area contributed by atoms with Gasteiger partial charge in [-0.3, -0.25) is 9.78 Å². The summed E-state index contributed by atoms with van der Waals surface area (Å²) in [5.41, 5.74) is 1.51. The summed E-state index contributed by atoms with van der Waals surface area (Å²) in [6, 6.07) is 4.04. The largest absolute Gasteiger partial charge is 0.367 e. The van der Waals surface area contributed by atoms with Gasteiger partial charge >= 0.3 is 0 Å². The van der Waals surface area contributed by atoms with Crippen molar-refractivity contribution in [2.24, 2.45) is 0 Å². The van der Waals surface area contributed by atoms with Crippen molar-refractivity contribution in [3.05, 3.63) is 29.6 Å². The minimum atomic E-state index is -0.559. The Hall–Kier alpha value is -1.22. The van der Waals surface area contributed by atoms with E-state index in [0.29, 0.717) is 13.0 Å². The molecule has 21 heavy (non-hydrogen) atoms. The summed E-state index contributed by atoms with van der Waals surface area (Å²) in [5.74, 6) is 0.211. The van der Waals surface area contributed by atoms with E-state index in [1.54, 1.807) is 0 Å². The second-order valence-electron chi connectivity index (χ2n) is 5.95. The number of carbonyl (C=O) groups excluding carboxylic acids is 1. The number of nitrogens with zero attached hydrogens (tertiary/aromatic N) is 1. The van der Waals surface area contributed by atoms with E-state index in [0.717, 1.165) is 37.8 Å². The highest BCUT2D eigenvalue weighted by Crippen LogP contribution is 2.32. The first-order chi connectivity index (χ1) is 10.2. The first kappa shape index (κ1) is 16.2. The summed E-state index contributed by atoms with van der Waals surface area (Å²) in [4.78, 5) is 17.2. The Morgan fingerprint density at radius 2 is 1.90 bits per heavy atom. The quantitative estimate of drug-likeness (QED) is 0.746. The second kappa shape index (κ2) is 7.69. The summed E-state index contributed by atoms with van der Waals surface area (Å²) in [6.45, 7) is 4.69. The molecule has 1 aromatic heterocycles. The fourth-order valence-corrected chi connectivity index (χ4v) is 3.17. The van der Waals surface area contributed by atoms with Crippen molar-refractivity contribution in [2.75, 3.05) is 6.61 Å². The van der Waals surface area contributed by atoms with E-state index in [-0.39, 0.29) is 5.78 Å². The average Bonchev–Trinajstić information content (AvgIpc) is 2.75. The Labute approximate surface area is 128 Å². The van der Waals surface area contributed by atoms with Crippen LogP contribution in [0.25, 0.3) is 0 Å². The number of Topliss-reactive ketones (excluding diaryl/α,β-unsaturated/α-hetero) is 1. The van der Waals surface area contributed by atoms with E-state index in [9.17, 15) is 4.79 Å². The lowest BCUT2D eigenvalue weighted by Gasteiger charge is -2.31. The molecule has 0 unspecified atom stereocenters. The molecule has 0 aliphatic heterocycles. The van der Waals surface area contributed by atoms with Crippen LogP contribution in [0, 0.1) is 0 Å². The summed E-state index contributed by atoms with van der Waals surface area (Å²) < 4.78 is 5.95. The maximum Gasteiger partial charge on any atom is 0.170 e. The molecule has 0 spiro atoms. The molecule has 1 aliphatic carbocycles. The number of ketones is 1. The molecule has 1 heterocycles. The predicted molar refractivity (Wildman–Crippen MR) is 84.4 cm³/mol. The van der Waals surface area contributed by atoms with Crippen LogP contribution in [0.1, 0.15) is 63.6 Å². The lowest BCUT2D eigenvalue weighted by Crippen LogP contribution is -2.42. The van der Waals surface area contributed by atoms with Gasteiger partial charge in [0.15, 0.2) is 5.78 Å². The van der Waals surface area contributed by atoms with Crippen LogP contribution in [-0.2, 0) is 22.4 Å². The molecule has 0 bridgehead atoms. The van der Waals surface area contributed by atoms with Gasteiger partial charge in [0.2, 0.25) is 0 Å². The van der Waals surface area contributed by atoms with E-state index < -0.39 is 5.60 Å². The van der Waals surface area contributed by atoms with Crippen molar-refractivity contribution in [1.29, 1.82) is 0 Å². The Morgan fingerprint density at radius 1 is 1.19 bits per heavy atom. The molecule has 0 aromatic carbocycles. The van der Waals surface area contributed by atoms with E-state index >= 15 is 0 Å². The van der Waals surface area contributed by atoms with Crippen LogP contribution in [0.4, 0.5) is 0 Å². The summed E-state index contributed by atoms with van der Waals surface area (Å²) in [6.07, 6.45) is 9.59. The van der Waals surface area contributed by atoms with Gasteiger partial charge in [0.05, 0.1) is 6.42 Å². The number of hydrogen-bond acceptors (Lipinski definition) is 3. The highest BCUT2D eigenvalue weighted by molar-refractivity contribution is 5.89. The number of ether oxygens (including phenoxy) is 1. The molecular weight excluding hydrogens is 262 g/mol. The van der Waals surface area contributed by atoms with Gasteiger partial charge in [0, 0.05) is 18.5 Å². The molecule has 0 amide bonds. The van der Waals surface area contributed by atoms with Gasteiger partial charge in [-0.1, -0.05) is 38.7 Å². The van der Waals surface area contributed by atoms with Gasteiger partial charge in [-0.2, -0.15) is 0 Å². The van der Waals surface area contributed by atoms with Gasteiger partial charge < -0.3 is 4.74 Å². The maximum atomic E-state index is 12.8. The minimum absolute atomic E-state index is 0.211. The van der Waals surface area contributed by atoms with Crippen molar-refractivity contribution in [1.82, 2.24) is 4.98 Å². The summed E-state index contributed by atoms with van der Waals surface area (Å²) >= 11 is 0. The Morgan fingerprint density at radius 3 is 2.43 bits per heavy atom. The molecular formula is C18H27NO2. The van der Waals surface area contributed by atoms with Gasteiger partial charge in [-0.25, -0.2) is 0 Å². The molecule has 3 heteroatoms. The third kappa shape index (κ3) is 4.13. The van der Waals surface area contributed by atoms with E-state index in [4.69, 9.17) is 4.74 Å². The number of pyridine rings is 1. The molecule has 0 atom stereocenters. The normalized spacial score (nSPS) is 18.2. The van der Waals surface area contributed by atoms with Crippen LogP contribution < -0.4 is 0 Å². The Bertz CT molecular complexity index is 445. The first-order valence-corrected chi connectivity index (χ1v) is 8.31. The summed E-state index contributed by atoms with van der Waals surface area (Å²) in [7, 11) is 0. The molecule has 2 rings (SSSR count). The second-order valence-corrected chi connectivity index (χ2v) is 5.95. The van der Waals surface area contributed by atoms with E-state index in [2.05, 4.69) is 18.0 Å². The first-order valence-electron chi connectivity index (χ1n) is 8.31. The molecule has 0 N–H and O–H groups in total. The molecule has 0 radical (unpaired) electrons. The van der Waals surface area contributed by atoms with Crippen LogP contribution in [-0.4, -0.2) is 23.0 Å². The summed E-state index contributed by atoms with van der Waals surface area (Å²) in [5, 5.41) is 0. The van der Waals surface area contributed by atoms with Crippen LogP contribution in [0.5, 0.6) is 0 Å². The number of aryl methyl sites for hydroxylation is 1. The zero-order valence-corrected chi connectivity index (χ0v) is 13.4. The predicted octanol–water partition coefficient (Wildman–Crippen LogP) is 3.89. The highest BCUT2D eigenvalue weighted by Gasteiger charge is 2.38. The zero-order chi connectivity index (χ0) is 15.1. The van der Waals surface area contributed by atoms with Gasteiger partial charge in [0.25, 0.3) is 0 Å². The molecule has 3 nitrogen and oxygen atoms in total. The van der Waals surface area contributed by atoms with Crippen molar-refractivity contribution < 1.29 is 9.53 Å². The number of hydrogen-bond donors (Lipinski definition) is 0. The van der Waals surface area contributed by atoms with Gasteiger partial charge in [-0.15, -0.1) is 0 Å². The SMILES string of the molecule is CCOC1(C(=O)Cc2ccc(CC)cn2)CCCCCC1. The average molecular weight is 289 g/mol. The van der Waals surface area contributed by atoms with Crippen molar-refractivity contribution in [2.45, 2.75) is 70.8 Å². The Kier molecular flexibility index (Phi) is 5.92. The van der Waals surface area contributed by atoms with Crippen LogP contribution >= 0.6 is 0 Å². The minimum Gasteiger partial charge on any atom is -0.367 e. The Balaban J connectivity index is 2.09. The molecule has 116 valence electrons. The fourth-order valence-electron chi connectivity index (χ4n) is 3.17. The third-order valence-corrected chi connectivity index (χ3v) is 4.48. The van der Waals surface area contributed by atoms with E-state index in [1.807, 2.05) is 19.2 Å². The lowest BCUT2D eigenvalue weighted by atomic mass is 9.87. The van der Waals surface area contributed by atoms with Crippen LogP contribution in [0.15, 0.2) is 18.3 Å². The van der Waals surface area contributed by atoms with Crippen molar-refractivity contribution in [3.8, 4) is 0 Å². The molecule has 1 fully saturated rings. The lowest BCUT2D eigenvalue weighted by molar-refractivity contribution is -0.145. The van der Waals surface area contributed by atoms with Crippen molar-refractivity contribution >= 4 is 5.78 Å². The highest BCUT2D eigenvalue weighted by atomic mass is 16.5.